The number of pyridine rings is 1. The Balaban J connectivity index is 1.21. The van der Waals surface area contributed by atoms with Gasteiger partial charge in [0.25, 0.3) is 0 Å². The zero-order valence-electron chi connectivity index (χ0n) is 29.6. The molecule has 0 bridgehead atoms. The fourth-order valence-electron chi connectivity index (χ4n) is 8.85. The number of para-hydroxylation sites is 2. The molecule has 4 nitrogen and oxygen atoms in total. The number of rotatable bonds is 4. The molecule has 4 heteroatoms. The second-order valence-electron chi connectivity index (χ2n) is 14.3. The van der Waals surface area contributed by atoms with Crippen molar-refractivity contribution in [3.05, 3.63) is 188 Å². The summed E-state index contributed by atoms with van der Waals surface area (Å²) in [5.74, 6) is 0. The molecule has 0 amide bonds. The summed E-state index contributed by atoms with van der Waals surface area (Å²) in [6, 6.07) is 67.0. The largest absolute Gasteiger partial charge is 0.455 e. The first kappa shape index (κ1) is 30.1. The quantitative estimate of drug-likeness (QED) is 0.183. The van der Waals surface area contributed by atoms with Crippen LogP contribution in [-0.4, -0.2) is 14.1 Å². The molecule has 0 saturated carbocycles. The highest BCUT2D eigenvalue weighted by Gasteiger charge is 2.23. The molecule has 0 spiro atoms. The highest BCUT2D eigenvalue weighted by molar-refractivity contribution is 6.29. The van der Waals surface area contributed by atoms with Crippen molar-refractivity contribution < 1.29 is 4.42 Å². The molecule has 12 aromatic rings. The maximum atomic E-state index is 6.90. The Kier molecular flexibility index (Phi) is 6.31. The lowest BCUT2D eigenvalue weighted by Crippen LogP contribution is -1.95. The molecule has 8 aromatic carbocycles. The molecule has 55 heavy (non-hydrogen) atoms. The Bertz CT molecular complexity index is 3460. The van der Waals surface area contributed by atoms with Crippen LogP contribution in [0.2, 0.25) is 0 Å². The Labute approximate surface area is 315 Å². The molecule has 0 fully saturated rings. The van der Waals surface area contributed by atoms with Crippen molar-refractivity contribution in [2.45, 2.75) is 0 Å². The third-order valence-electron chi connectivity index (χ3n) is 11.3. The van der Waals surface area contributed by atoms with Gasteiger partial charge in [-0.1, -0.05) is 109 Å². The van der Waals surface area contributed by atoms with E-state index in [9.17, 15) is 0 Å². The first-order valence-electron chi connectivity index (χ1n) is 18.7. The van der Waals surface area contributed by atoms with E-state index < -0.39 is 0 Å². The minimum absolute atomic E-state index is 0.901. The Morgan fingerprint density at radius 1 is 0.364 bits per heavy atom. The van der Waals surface area contributed by atoms with Crippen LogP contribution in [-0.2, 0) is 0 Å². The van der Waals surface area contributed by atoms with E-state index in [0.29, 0.717) is 0 Å². The van der Waals surface area contributed by atoms with Crippen LogP contribution in [0.4, 0.5) is 0 Å². The molecule has 0 aliphatic carbocycles. The maximum absolute atomic E-state index is 6.90. The maximum Gasteiger partial charge on any atom is 0.145 e. The van der Waals surface area contributed by atoms with E-state index in [1.165, 1.54) is 21.5 Å². The molecule has 0 radical (unpaired) electrons. The molecule has 0 atom stereocenters. The van der Waals surface area contributed by atoms with E-state index in [4.69, 9.17) is 9.40 Å². The van der Waals surface area contributed by atoms with Crippen molar-refractivity contribution in [3.8, 4) is 33.9 Å². The Morgan fingerprint density at radius 2 is 1.00 bits per heavy atom. The summed E-state index contributed by atoms with van der Waals surface area (Å²) in [6.45, 7) is 0. The number of furan rings is 1. The lowest BCUT2D eigenvalue weighted by Gasteiger charge is -2.10. The summed E-state index contributed by atoms with van der Waals surface area (Å²) < 4.78 is 11.7. The lowest BCUT2D eigenvalue weighted by molar-refractivity contribution is 0.673. The van der Waals surface area contributed by atoms with E-state index in [0.717, 1.165) is 88.7 Å². The first-order valence-corrected chi connectivity index (χ1v) is 18.7. The van der Waals surface area contributed by atoms with Gasteiger partial charge < -0.3 is 13.6 Å². The Morgan fingerprint density at radius 3 is 1.78 bits per heavy atom. The summed E-state index contributed by atoms with van der Waals surface area (Å²) in [7, 11) is 0. The molecule has 256 valence electrons. The number of aromatic nitrogens is 3. The SMILES string of the molecule is c1ccc(-c2cccc(-c3ccc4c(c3)c3cc5c6c7oc8ccc9ccccc9c8c7ccc6n(-c6ccccc6)c5cc3n4-c3ccccc3)n2)cc1. The van der Waals surface area contributed by atoms with Gasteiger partial charge in [-0.3, -0.25) is 0 Å². The van der Waals surface area contributed by atoms with Gasteiger partial charge in [0, 0.05) is 49.4 Å². The molecule has 0 saturated heterocycles. The van der Waals surface area contributed by atoms with Crippen molar-refractivity contribution in [3.63, 3.8) is 0 Å². The van der Waals surface area contributed by atoms with Crippen molar-refractivity contribution in [2.24, 2.45) is 0 Å². The number of nitrogens with zero attached hydrogens (tertiary/aromatic N) is 3. The smallest absolute Gasteiger partial charge is 0.145 e. The zero-order chi connectivity index (χ0) is 36.0. The van der Waals surface area contributed by atoms with E-state index in [-0.39, 0.29) is 0 Å². The van der Waals surface area contributed by atoms with Crippen LogP contribution in [0.1, 0.15) is 0 Å². The van der Waals surface area contributed by atoms with Gasteiger partial charge in [-0.15, -0.1) is 0 Å². The van der Waals surface area contributed by atoms with Gasteiger partial charge in [0.15, 0.2) is 0 Å². The number of benzene rings is 8. The molecule has 0 aliphatic heterocycles. The van der Waals surface area contributed by atoms with Gasteiger partial charge in [0.2, 0.25) is 0 Å². The van der Waals surface area contributed by atoms with E-state index in [1.807, 2.05) is 6.07 Å². The van der Waals surface area contributed by atoms with Crippen LogP contribution in [0.15, 0.2) is 192 Å². The zero-order valence-corrected chi connectivity index (χ0v) is 29.6. The molecule has 4 heterocycles. The second kappa shape index (κ2) is 11.5. The van der Waals surface area contributed by atoms with Gasteiger partial charge in [0.1, 0.15) is 11.2 Å². The summed E-state index contributed by atoms with van der Waals surface area (Å²) in [4.78, 5) is 5.15. The van der Waals surface area contributed by atoms with E-state index in [2.05, 4.69) is 191 Å². The number of hydrogen-bond donors (Lipinski definition) is 0. The summed E-state index contributed by atoms with van der Waals surface area (Å²) in [5, 5.41) is 9.33. The van der Waals surface area contributed by atoms with Crippen LogP contribution in [0.3, 0.4) is 0 Å². The third-order valence-corrected chi connectivity index (χ3v) is 11.3. The normalized spacial score (nSPS) is 12.0. The van der Waals surface area contributed by atoms with Crippen LogP contribution in [0.5, 0.6) is 0 Å². The van der Waals surface area contributed by atoms with Gasteiger partial charge >= 0.3 is 0 Å². The van der Waals surface area contributed by atoms with Gasteiger partial charge in [-0.05, 0) is 89.6 Å². The lowest BCUT2D eigenvalue weighted by atomic mass is 10.0. The van der Waals surface area contributed by atoms with Gasteiger partial charge in [-0.25, -0.2) is 4.98 Å². The molecule has 4 aromatic heterocycles. The first-order chi connectivity index (χ1) is 27.3. The fraction of sp³-hybridized carbons (Fsp3) is 0. The van der Waals surface area contributed by atoms with Crippen molar-refractivity contribution >= 4 is 76.3 Å². The third kappa shape index (κ3) is 4.43. The molecule has 0 unspecified atom stereocenters. The minimum atomic E-state index is 0.901. The molecule has 0 aliphatic rings. The van der Waals surface area contributed by atoms with Crippen molar-refractivity contribution in [2.75, 3.05) is 0 Å². The summed E-state index contributed by atoms with van der Waals surface area (Å²) in [6.07, 6.45) is 0. The van der Waals surface area contributed by atoms with E-state index in [1.54, 1.807) is 0 Å². The van der Waals surface area contributed by atoms with Crippen molar-refractivity contribution in [1.29, 1.82) is 0 Å². The average Bonchev–Trinajstić information content (AvgIpc) is 3.91. The standard InChI is InChI=1S/C51H31N3O/c1-4-14-33(15-5-1)42-21-12-22-43(52-42)34-23-26-44-39(29-34)40-30-41-47(31-46(40)53(44)35-16-6-2-7-17-35)54(36-18-8-3-9-19-36)45-27-25-38-49-37-20-11-10-13-32(37)24-28-48(49)55-51(38)50(41)45/h1-31H. The minimum Gasteiger partial charge on any atom is -0.455 e. The monoisotopic (exact) mass is 701 g/mol. The second-order valence-corrected chi connectivity index (χ2v) is 14.3. The van der Waals surface area contributed by atoms with Crippen LogP contribution in [0.25, 0.3) is 110 Å². The Hall–Kier alpha value is -7.43. The fourth-order valence-corrected chi connectivity index (χ4v) is 8.85. The average molecular weight is 702 g/mol. The van der Waals surface area contributed by atoms with Gasteiger partial charge in [0.05, 0.1) is 38.8 Å². The van der Waals surface area contributed by atoms with E-state index >= 15 is 0 Å². The summed E-state index contributed by atoms with van der Waals surface area (Å²) in [5.41, 5.74) is 12.7. The number of hydrogen-bond acceptors (Lipinski definition) is 2. The predicted octanol–water partition coefficient (Wildman–Crippen LogP) is 13.7. The van der Waals surface area contributed by atoms with Crippen molar-refractivity contribution in [1.82, 2.24) is 14.1 Å². The number of fused-ring (bicyclic) bond motifs is 12. The molecular weight excluding hydrogens is 671 g/mol. The molecule has 12 rings (SSSR count). The van der Waals surface area contributed by atoms with Crippen LogP contribution >= 0.6 is 0 Å². The summed E-state index contributed by atoms with van der Waals surface area (Å²) >= 11 is 0. The molecule has 0 N–H and O–H groups in total. The highest BCUT2D eigenvalue weighted by Crippen LogP contribution is 2.45. The molecular formula is C51H31N3O. The topological polar surface area (TPSA) is 35.9 Å². The van der Waals surface area contributed by atoms with Gasteiger partial charge in [-0.2, -0.15) is 0 Å². The predicted molar refractivity (Wildman–Crippen MR) is 229 cm³/mol. The highest BCUT2D eigenvalue weighted by atomic mass is 16.3. The van der Waals surface area contributed by atoms with Crippen LogP contribution in [0, 0.1) is 0 Å². The van der Waals surface area contributed by atoms with Crippen LogP contribution < -0.4 is 0 Å².